The predicted octanol–water partition coefficient (Wildman–Crippen LogP) is 3.58. The van der Waals surface area contributed by atoms with Crippen LogP contribution in [0.2, 0.25) is 0 Å². The van der Waals surface area contributed by atoms with Crippen molar-refractivity contribution in [1.82, 2.24) is 5.43 Å². The molecule has 0 fully saturated rings. The molecule has 2 aromatic carbocycles. The van der Waals surface area contributed by atoms with Gasteiger partial charge in [-0.3, -0.25) is 5.43 Å². The number of nitrogens with zero attached hydrogens (tertiary/aromatic N) is 1. The number of rotatable bonds is 4. The lowest BCUT2D eigenvalue weighted by Crippen LogP contribution is -2.24. The molecule has 122 valence electrons. The van der Waals surface area contributed by atoms with Crippen molar-refractivity contribution in [2.75, 3.05) is 7.11 Å². The van der Waals surface area contributed by atoms with Gasteiger partial charge in [0.1, 0.15) is 17.1 Å². The van der Waals surface area contributed by atoms with Crippen LogP contribution in [-0.4, -0.2) is 18.4 Å². The first-order valence-corrected chi connectivity index (χ1v) is 7.76. The fourth-order valence-corrected chi connectivity index (χ4v) is 2.72. The molecule has 0 spiro atoms. The van der Waals surface area contributed by atoms with Crippen LogP contribution in [-0.2, 0) is 0 Å². The second-order valence-corrected chi connectivity index (χ2v) is 5.66. The number of thiocarbonyl (C=S) groups is 1. The van der Waals surface area contributed by atoms with E-state index in [4.69, 9.17) is 27.1 Å². The number of aryl methyl sites for hydroxylation is 1. The summed E-state index contributed by atoms with van der Waals surface area (Å²) >= 11 is 4.73. The molecule has 0 unspecified atom stereocenters. The van der Waals surface area contributed by atoms with Gasteiger partial charge in [-0.05, 0) is 36.8 Å². The Labute approximate surface area is 145 Å². The number of benzene rings is 2. The normalized spacial score (nSPS) is 11.1. The Morgan fingerprint density at radius 1 is 1.29 bits per heavy atom. The Morgan fingerprint density at radius 2 is 2.04 bits per heavy atom. The summed E-state index contributed by atoms with van der Waals surface area (Å²) in [6.45, 7) is 1.96. The monoisotopic (exact) mass is 339 g/mol. The summed E-state index contributed by atoms with van der Waals surface area (Å²) in [7, 11) is 1.62. The van der Waals surface area contributed by atoms with E-state index in [2.05, 4.69) is 22.7 Å². The lowest BCUT2D eigenvalue weighted by molar-refractivity contribution is 0.414. The zero-order chi connectivity index (χ0) is 17.1. The van der Waals surface area contributed by atoms with Gasteiger partial charge >= 0.3 is 0 Å². The van der Waals surface area contributed by atoms with E-state index >= 15 is 0 Å². The Morgan fingerprint density at radius 3 is 2.71 bits per heavy atom. The summed E-state index contributed by atoms with van der Waals surface area (Å²) in [4.78, 5) is 0. The lowest BCUT2D eigenvalue weighted by atomic mass is 10.0. The van der Waals surface area contributed by atoms with Gasteiger partial charge in [0.15, 0.2) is 5.11 Å². The number of ether oxygens (including phenoxy) is 1. The topological polar surface area (TPSA) is 72.8 Å². The van der Waals surface area contributed by atoms with Gasteiger partial charge < -0.3 is 14.9 Å². The van der Waals surface area contributed by atoms with Crippen molar-refractivity contribution in [3.63, 3.8) is 0 Å². The van der Waals surface area contributed by atoms with E-state index in [9.17, 15) is 0 Å². The summed E-state index contributed by atoms with van der Waals surface area (Å²) in [6.07, 6.45) is 1.59. The van der Waals surface area contributed by atoms with Crippen molar-refractivity contribution in [2.24, 2.45) is 10.8 Å². The molecule has 0 radical (unpaired) electrons. The van der Waals surface area contributed by atoms with Gasteiger partial charge in [0, 0.05) is 16.5 Å². The molecule has 0 aliphatic rings. The Bertz CT molecular complexity index is 917. The SMILES string of the molecule is COc1cc2c(-c3ccccc3)c(C)oc2cc1/C=N/NC(N)=S. The van der Waals surface area contributed by atoms with Crippen molar-refractivity contribution in [2.45, 2.75) is 6.92 Å². The molecule has 0 aliphatic carbocycles. The molecule has 24 heavy (non-hydrogen) atoms. The van der Waals surface area contributed by atoms with Gasteiger partial charge in [0.2, 0.25) is 0 Å². The summed E-state index contributed by atoms with van der Waals surface area (Å²) in [5, 5.41) is 5.08. The average molecular weight is 339 g/mol. The highest BCUT2D eigenvalue weighted by atomic mass is 32.1. The van der Waals surface area contributed by atoms with Crippen molar-refractivity contribution in [1.29, 1.82) is 0 Å². The maximum atomic E-state index is 5.93. The molecule has 5 nitrogen and oxygen atoms in total. The summed E-state index contributed by atoms with van der Waals surface area (Å²) in [5.74, 6) is 1.54. The Kier molecular flexibility index (Phi) is 4.48. The molecule has 0 aliphatic heterocycles. The number of nitrogens with two attached hydrogens (primary N) is 1. The largest absolute Gasteiger partial charge is 0.496 e. The number of furan rings is 1. The molecule has 0 saturated carbocycles. The highest BCUT2D eigenvalue weighted by Gasteiger charge is 2.15. The molecule has 3 rings (SSSR count). The predicted molar refractivity (Wildman–Crippen MR) is 100 cm³/mol. The molecular weight excluding hydrogens is 322 g/mol. The van der Waals surface area contributed by atoms with Crippen LogP contribution in [0.5, 0.6) is 5.75 Å². The fraction of sp³-hybridized carbons (Fsp3) is 0.111. The number of hydrazone groups is 1. The summed E-state index contributed by atoms with van der Waals surface area (Å²) in [6, 6.07) is 14.0. The van der Waals surface area contributed by atoms with Gasteiger partial charge in [0.05, 0.1) is 13.3 Å². The second kappa shape index (κ2) is 6.72. The number of nitrogens with one attached hydrogen (secondary N) is 1. The van der Waals surface area contributed by atoms with Crippen LogP contribution in [0, 0.1) is 6.92 Å². The van der Waals surface area contributed by atoms with E-state index in [1.165, 1.54) is 0 Å². The van der Waals surface area contributed by atoms with Gasteiger partial charge in [0.25, 0.3) is 0 Å². The van der Waals surface area contributed by atoms with E-state index < -0.39 is 0 Å². The van der Waals surface area contributed by atoms with Gasteiger partial charge in [-0.15, -0.1) is 0 Å². The maximum absolute atomic E-state index is 5.93. The molecule has 1 heterocycles. The first-order chi connectivity index (χ1) is 11.6. The van der Waals surface area contributed by atoms with E-state index in [0.717, 1.165) is 33.4 Å². The van der Waals surface area contributed by atoms with Crippen LogP contribution >= 0.6 is 12.2 Å². The fourth-order valence-electron chi connectivity index (χ4n) is 2.67. The van der Waals surface area contributed by atoms with E-state index in [-0.39, 0.29) is 5.11 Å². The van der Waals surface area contributed by atoms with Crippen LogP contribution in [0.25, 0.3) is 22.1 Å². The highest BCUT2D eigenvalue weighted by Crippen LogP contribution is 2.37. The van der Waals surface area contributed by atoms with E-state index in [1.54, 1.807) is 13.3 Å². The average Bonchev–Trinajstić information content (AvgIpc) is 2.89. The molecule has 3 N–H and O–H groups in total. The molecule has 0 amide bonds. The first kappa shape index (κ1) is 16.0. The summed E-state index contributed by atoms with van der Waals surface area (Å²) in [5.41, 5.74) is 11.6. The number of fused-ring (bicyclic) bond motifs is 1. The summed E-state index contributed by atoms with van der Waals surface area (Å²) < 4.78 is 11.4. The number of hydrogen-bond acceptors (Lipinski definition) is 4. The molecule has 0 saturated heterocycles. The lowest BCUT2D eigenvalue weighted by Gasteiger charge is -2.06. The second-order valence-electron chi connectivity index (χ2n) is 5.22. The highest BCUT2D eigenvalue weighted by molar-refractivity contribution is 7.80. The zero-order valence-corrected chi connectivity index (χ0v) is 14.2. The van der Waals surface area contributed by atoms with Crippen LogP contribution < -0.4 is 15.9 Å². The van der Waals surface area contributed by atoms with Crippen LogP contribution in [0.15, 0.2) is 52.0 Å². The van der Waals surface area contributed by atoms with E-state index in [1.807, 2.05) is 37.3 Å². The number of methoxy groups -OCH3 is 1. The molecule has 6 heteroatoms. The smallest absolute Gasteiger partial charge is 0.184 e. The first-order valence-electron chi connectivity index (χ1n) is 7.35. The van der Waals surface area contributed by atoms with Crippen molar-refractivity contribution >= 4 is 34.5 Å². The molecule has 1 aromatic heterocycles. The number of hydrogen-bond donors (Lipinski definition) is 2. The standard InChI is InChI=1S/C18H17N3O2S/c1-11-17(12-6-4-3-5-7-12)14-9-15(22-2)13(8-16(14)23-11)10-20-21-18(19)24/h3-10H,1-2H3,(H3,19,21,24)/b20-10+. The molecule has 3 aromatic rings. The minimum atomic E-state index is 0.103. The van der Waals surface area contributed by atoms with E-state index in [0.29, 0.717) is 5.75 Å². The maximum Gasteiger partial charge on any atom is 0.184 e. The third-order valence-corrected chi connectivity index (χ3v) is 3.75. The van der Waals surface area contributed by atoms with Crippen molar-refractivity contribution < 1.29 is 9.15 Å². The van der Waals surface area contributed by atoms with Crippen LogP contribution in [0.4, 0.5) is 0 Å². The molecular formula is C18H17N3O2S. The van der Waals surface area contributed by atoms with Crippen LogP contribution in [0.3, 0.4) is 0 Å². The Hall–Kier alpha value is -2.86. The third kappa shape index (κ3) is 3.09. The van der Waals surface area contributed by atoms with Crippen molar-refractivity contribution in [3.05, 3.63) is 53.8 Å². The zero-order valence-electron chi connectivity index (χ0n) is 13.4. The minimum Gasteiger partial charge on any atom is -0.496 e. The van der Waals surface area contributed by atoms with Gasteiger partial charge in [-0.1, -0.05) is 30.3 Å². The molecule has 0 bridgehead atoms. The third-order valence-electron chi connectivity index (χ3n) is 3.66. The van der Waals surface area contributed by atoms with Crippen molar-refractivity contribution in [3.8, 4) is 16.9 Å². The minimum absolute atomic E-state index is 0.103. The quantitative estimate of drug-likeness (QED) is 0.432. The van der Waals surface area contributed by atoms with Crippen LogP contribution in [0.1, 0.15) is 11.3 Å². The molecule has 0 atom stereocenters. The van der Waals surface area contributed by atoms with Gasteiger partial charge in [-0.2, -0.15) is 5.10 Å². The van der Waals surface area contributed by atoms with Gasteiger partial charge in [-0.25, -0.2) is 0 Å². The Balaban J connectivity index is 2.13.